The summed E-state index contributed by atoms with van der Waals surface area (Å²) in [6.45, 7) is 0. The fourth-order valence-corrected chi connectivity index (χ4v) is 1.33. The Labute approximate surface area is 96.0 Å². The van der Waals surface area contributed by atoms with Gasteiger partial charge < -0.3 is 11.5 Å². The molecule has 17 heavy (non-hydrogen) atoms. The van der Waals surface area contributed by atoms with Crippen LogP contribution in [-0.2, 0) is 0 Å². The topological polar surface area (TPSA) is 141 Å². The fraction of sp³-hybridized carbons (Fsp3) is 0. The van der Waals surface area contributed by atoms with Crippen molar-refractivity contribution in [2.75, 3.05) is 11.5 Å². The number of rotatable bonds is 2. The Morgan fingerprint density at radius 3 is 2.35 bits per heavy atom. The molecule has 0 aliphatic rings. The van der Waals surface area contributed by atoms with Gasteiger partial charge >= 0.3 is 0 Å². The number of nitrogens with one attached hydrogen (secondary N) is 1. The smallest absolute Gasteiger partial charge is 0.225 e. The molecule has 1 aromatic heterocycles. The van der Waals surface area contributed by atoms with Crippen LogP contribution in [0.5, 0.6) is 0 Å². The van der Waals surface area contributed by atoms with Crippen molar-refractivity contribution in [3.05, 3.63) is 24.3 Å². The SMILES string of the molecule is N=[N+]=Nc1ccccc1-c1nc(N)nc(N)n1. The number of hydrogen-bond donors (Lipinski definition) is 3. The average molecular weight is 229 g/mol. The van der Waals surface area contributed by atoms with Crippen molar-refractivity contribution in [2.45, 2.75) is 0 Å². The zero-order valence-corrected chi connectivity index (χ0v) is 8.70. The number of benzene rings is 1. The summed E-state index contributed by atoms with van der Waals surface area (Å²) in [5, 5.41) is 3.65. The first-order valence-electron chi connectivity index (χ1n) is 4.64. The molecule has 2 rings (SSSR count). The Hall–Kier alpha value is -2.86. The summed E-state index contributed by atoms with van der Waals surface area (Å²) < 4.78 is 0. The van der Waals surface area contributed by atoms with Gasteiger partial charge in [0.05, 0.1) is 5.56 Å². The van der Waals surface area contributed by atoms with Gasteiger partial charge in [-0.25, -0.2) is 0 Å². The number of anilines is 2. The Morgan fingerprint density at radius 2 is 1.71 bits per heavy atom. The standard InChI is InChI=1S/C9H9N8/c10-8-13-7(14-9(11)15-8)5-3-1-2-4-6(5)16-17-12/h1-4,12H,(H4,10,11,13,14,15)/q+1. The van der Waals surface area contributed by atoms with Crippen LogP contribution in [0.1, 0.15) is 0 Å². The monoisotopic (exact) mass is 229 g/mol. The van der Waals surface area contributed by atoms with Gasteiger partial charge in [0.2, 0.25) is 16.8 Å². The van der Waals surface area contributed by atoms with Crippen LogP contribution in [-0.4, -0.2) is 15.0 Å². The molecule has 84 valence electrons. The zero-order chi connectivity index (χ0) is 12.3. The minimum Gasteiger partial charge on any atom is -0.368 e. The Balaban J connectivity index is 2.63. The van der Waals surface area contributed by atoms with E-state index in [0.29, 0.717) is 17.1 Å². The highest BCUT2D eigenvalue weighted by Gasteiger charge is 2.11. The molecule has 0 bridgehead atoms. The van der Waals surface area contributed by atoms with Gasteiger partial charge in [-0.2, -0.15) is 15.0 Å². The lowest BCUT2D eigenvalue weighted by Gasteiger charge is -2.02. The van der Waals surface area contributed by atoms with Gasteiger partial charge in [0, 0.05) is 0 Å². The minimum absolute atomic E-state index is 0.0325. The molecule has 1 aromatic carbocycles. The molecule has 0 aliphatic heterocycles. The molecule has 8 nitrogen and oxygen atoms in total. The van der Waals surface area contributed by atoms with Gasteiger partial charge in [0.15, 0.2) is 16.6 Å². The third-order valence-electron chi connectivity index (χ3n) is 1.97. The zero-order valence-electron chi connectivity index (χ0n) is 8.70. The predicted octanol–water partition coefficient (Wildman–Crippen LogP) is 0.885. The molecule has 0 saturated heterocycles. The van der Waals surface area contributed by atoms with Crippen molar-refractivity contribution in [1.82, 2.24) is 19.9 Å². The molecule has 8 heteroatoms. The molecule has 0 unspecified atom stereocenters. The molecule has 0 aliphatic carbocycles. The van der Waals surface area contributed by atoms with Crippen molar-refractivity contribution >= 4 is 17.6 Å². The van der Waals surface area contributed by atoms with Crippen molar-refractivity contribution in [3.63, 3.8) is 0 Å². The van der Waals surface area contributed by atoms with E-state index in [1.165, 1.54) is 0 Å². The second-order valence-electron chi connectivity index (χ2n) is 3.09. The van der Waals surface area contributed by atoms with E-state index in [1.54, 1.807) is 24.3 Å². The molecule has 1 heterocycles. The summed E-state index contributed by atoms with van der Waals surface area (Å²) >= 11 is 0. The fourth-order valence-electron chi connectivity index (χ4n) is 1.33. The summed E-state index contributed by atoms with van der Waals surface area (Å²) in [5.74, 6) is 0.369. The Bertz CT molecular complexity index is 581. The minimum atomic E-state index is 0.0325. The molecule has 0 spiro atoms. The maximum atomic E-state index is 6.74. The second-order valence-corrected chi connectivity index (χ2v) is 3.09. The van der Waals surface area contributed by atoms with Crippen molar-refractivity contribution in [1.29, 1.82) is 5.53 Å². The summed E-state index contributed by atoms with van der Waals surface area (Å²) in [4.78, 5) is 14.6. The first-order valence-corrected chi connectivity index (χ1v) is 4.64. The Kier molecular flexibility index (Phi) is 2.71. The lowest BCUT2D eigenvalue weighted by Crippen LogP contribution is -2.04. The van der Waals surface area contributed by atoms with Gasteiger partial charge in [0.25, 0.3) is 0 Å². The van der Waals surface area contributed by atoms with E-state index in [4.69, 9.17) is 17.0 Å². The molecular weight excluding hydrogens is 220 g/mol. The van der Waals surface area contributed by atoms with E-state index in [9.17, 15) is 0 Å². The number of hydrogen-bond acceptors (Lipinski definition) is 7. The lowest BCUT2D eigenvalue weighted by atomic mass is 10.2. The highest BCUT2D eigenvalue weighted by molar-refractivity contribution is 5.71. The third kappa shape index (κ3) is 2.21. The lowest BCUT2D eigenvalue weighted by molar-refractivity contribution is 0.990. The maximum Gasteiger partial charge on any atom is 0.225 e. The summed E-state index contributed by atoms with van der Waals surface area (Å²) in [6, 6.07) is 6.97. The van der Waals surface area contributed by atoms with E-state index in [2.05, 4.69) is 25.0 Å². The predicted molar refractivity (Wildman–Crippen MR) is 61.0 cm³/mol. The van der Waals surface area contributed by atoms with Crippen LogP contribution < -0.4 is 16.4 Å². The molecule has 0 atom stereocenters. The first-order chi connectivity index (χ1) is 8.20. The van der Waals surface area contributed by atoms with Crippen LogP contribution in [0.3, 0.4) is 0 Å². The van der Waals surface area contributed by atoms with E-state index in [0.717, 1.165) is 0 Å². The maximum absolute atomic E-state index is 6.74. The van der Waals surface area contributed by atoms with Crippen LogP contribution in [0, 0.1) is 5.53 Å². The molecule has 0 amide bonds. The second kappa shape index (κ2) is 4.33. The molecule has 2 aromatic rings. The largest absolute Gasteiger partial charge is 0.368 e. The molecule has 0 fully saturated rings. The Morgan fingerprint density at radius 1 is 1.06 bits per heavy atom. The number of nitrogen functional groups attached to an aromatic ring is 2. The van der Waals surface area contributed by atoms with Crippen LogP contribution in [0.2, 0.25) is 0 Å². The van der Waals surface area contributed by atoms with E-state index in [-0.39, 0.29) is 11.9 Å². The number of nitrogens with two attached hydrogens (primary N) is 2. The van der Waals surface area contributed by atoms with Crippen molar-refractivity contribution < 1.29 is 0 Å². The van der Waals surface area contributed by atoms with Gasteiger partial charge in [0.1, 0.15) is 5.53 Å². The molecular formula is C9H9N8+. The highest BCUT2D eigenvalue weighted by atomic mass is 15.2. The van der Waals surface area contributed by atoms with Crippen molar-refractivity contribution in [2.24, 2.45) is 5.11 Å². The highest BCUT2D eigenvalue weighted by Crippen LogP contribution is 2.27. The molecule has 0 radical (unpaired) electrons. The van der Waals surface area contributed by atoms with Gasteiger partial charge in [-0.1, -0.05) is 12.1 Å². The van der Waals surface area contributed by atoms with Crippen molar-refractivity contribution in [3.8, 4) is 11.4 Å². The summed E-state index contributed by atoms with van der Waals surface area (Å²) in [7, 11) is 0. The summed E-state index contributed by atoms with van der Waals surface area (Å²) in [5.41, 5.74) is 18.8. The normalized spacial score (nSPS) is 9.65. The van der Waals surface area contributed by atoms with Gasteiger partial charge in [-0.05, 0) is 12.1 Å². The average Bonchev–Trinajstić information content (AvgIpc) is 2.29. The number of nitrogens with zero attached hydrogens (tertiary/aromatic N) is 5. The van der Waals surface area contributed by atoms with E-state index in [1.807, 2.05) is 0 Å². The van der Waals surface area contributed by atoms with Crippen LogP contribution in [0.4, 0.5) is 17.6 Å². The van der Waals surface area contributed by atoms with Crippen LogP contribution in [0.15, 0.2) is 29.4 Å². The molecule has 5 N–H and O–H groups in total. The third-order valence-corrected chi connectivity index (χ3v) is 1.97. The molecule has 0 saturated carbocycles. The van der Waals surface area contributed by atoms with Gasteiger partial charge in [-0.3, -0.25) is 0 Å². The summed E-state index contributed by atoms with van der Waals surface area (Å²) in [6.07, 6.45) is 0. The van der Waals surface area contributed by atoms with Gasteiger partial charge in [-0.15, -0.1) is 0 Å². The first kappa shape index (κ1) is 10.7. The van der Waals surface area contributed by atoms with E-state index >= 15 is 0 Å². The van der Waals surface area contributed by atoms with Crippen LogP contribution >= 0.6 is 0 Å². The quantitative estimate of drug-likeness (QED) is 0.517. The van der Waals surface area contributed by atoms with Crippen LogP contribution in [0.25, 0.3) is 11.4 Å². The number of aromatic nitrogens is 3. The van der Waals surface area contributed by atoms with E-state index < -0.39 is 0 Å².